The Hall–Kier alpha value is -1.54. The van der Waals surface area contributed by atoms with Gasteiger partial charge in [-0.1, -0.05) is 32.3 Å². The Morgan fingerprint density at radius 3 is 2.59 bits per heavy atom. The summed E-state index contributed by atoms with van der Waals surface area (Å²) in [4.78, 5) is 43.4. The van der Waals surface area contributed by atoms with Gasteiger partial charge in [-0.3, -0.25) is 14.4 Å². The largest absolute Gasteiger partial charge is 0.481 e. The van der Waals surface area contributed by atoms with Crippen LogP contribution in [-0.4, -0.2) is 79.6 Å². The molecule has 5 atom stereocenters. The molecule has 0 aromatic rings. The molecule has 0 aromatic heterocycles. The van der Waals surface area contributed by atoms with Crippen molar-refractivity contribution in [1.82, 2.24) is 9.80 Å². The fourth-order valence-electron chi connectivity index (χ4n) is 6.04. The molecule has 2 N–H and O–H groups in total. The normalized spacial score (nSPS) is 32.9. The van der Waals surface area contributed by atoms with Gasteiger partial charge < -0.3 is 20.0 Å². The number of fused-ring (bicyclic) bond motifs is 1. The first-order valence-electron chi connectivity index (χ1n) is 12.0. The van der Waals surface area contributed by atoms with Crippen molar-refractivity contribution in [1.29, 1.82) is 0 Å². The lowest BCUT2D eigenvalue weighted by Gasteiger charge is -2.37. The average molecular weight is 467 g/mol. The number of carboxylic acid groups (broad SMARTS) is 1. The second-order valence-corrected chi connectivity index (χ2v) is 11.6. The van der Waals surface area contributed by atoms with Crippen molar-refractivity contribution in [2.45, 2.75) is 80.7 Å². The van der Waals surface area contributed by atoms with Crippen LogP contribution >= 0.6 is 11.8 Å². The maximum absolute atomic E-state index is 13.9. The Kier molecular flexibility index (Phi) is 7.97. The first-order valence-corrected chi connectivity index (χ1v) is 12.8. The van der Waals surface area contributed by atoms with Crippen LogP contribution in [0.25, 0.3) is 0 Å². The van der Waals surface area contributed by atoms with Crippen LogP contribution < -0.4 is 0 Å². The predicted octanol–water partition coefficient (Wildman–Crippen LogP) is 2.92. The van der Waals surface area contributed by atoms with E-state index in [4.69, 9.17) is 5.11 Å². The van der Waals surface area contributed by atoms with E-state index in [1.807, 2.05) is 6.92 Å². The van der Waals surface area contributed by atoms with E-state index in [1.54, 1.807) is 27.6 Å². The summed E-state index contributed by atoms with van der Waals surface area (Å²) in [6, 6.07) is -0.620. The minimum atomic E-state index is -0.926. The van der Waals surface area contributed by atoms with Gasteiger partial charge in [-0.2, -0.15) is 0 Å². The molecule has 3 aliphatic heterocycles. The van der Waals surface area contributed by atoms with Gasteiger partial charge in [-0.05, 0) is 39.0 Å². The number of nitrogens with zero attached hydrogens (tertiary/aromatic N) is 2. The minimum Gasteiger partial charge on any atom is -0.481 e. The predicted molar refractivity (Wildman–Crippen MR) is 125 cm³/mol. The summed E-state index contributed by atoms with van der Waals surface area (Å²) in [6.45, 7) is 9.49. The van der Waals surface area contributed by atoms with Crippen LogP contribution in [0.15, 0.2) is 12.7 Å². The molecule has 0 aliphatic carbocycles. The number of likely N-dealkylation sites (tertiary alicyclic amines) is 1. The van der Waals surface area contributed by atoms with E-state index in [1.165, 1.54) is 0 Å². The van der Waals surface area contributed by atoms with Crippen molar-refractivity contribution in [2.24, 2.45) is 11.8 Å². The van der Waals surface area contributed by atoms with Gasteiger partial charge in [0.15, 0.2) is 0 Å². The van der Waals surface area contributed by atoms with Crippen LogP contribution in [0.5, 0.6) is 0 Å². The van der Waals surface area contributed by atoms with Crippen LogP contribution in [-0.2, 0) is 14.4 Å². The fourth-order valence-corrected chi connectivity index (χ4v) is 8.38. The number of amides is 2. The second-order valence-electron chi connectivity index (χ2n) is 9.66. The number of aliphatic hydroxyl groups excluding tert-OH is 1. The molecular formula is C24H38N2O5S. The summed E-state index contributed by atoms with van der Waals surface area (Å²) in [7, 11) is 0. The van der Waals surface area contributed by atoms with Gasteiger partial charge >= 0.3 is 5.97 Å². The van der Waals surface area contributed by atoms with E-state index >= 15 is 0 Å². The van der Waals surface area contributed by atoms with Crippen molar-refractivity contribution < 1.29 is 24.6 Å². The lowest BCUT2D eigenvalue weighted by atomic mass is 9.66. The highest BCUT2D eigenvalue weighted by atomic mass is 32.2. The number of hydrogen-bond acceptors (Lipinski definition) is 5. The van der Waals surface area contributed by atoms with Crippen LogP contribution in [0.2, 0.25) is 0 Å². The molecule has 3 fully saturated rings. The number of rotatable bonds is 13. The third-order valence-electron chi connectivity index (χ3n) is 7.53. The molecule has 0 aromatic carbocycles. The number of hydrogen-bond donors (Lipinski definition) is 2. The van der Waals surface area contributed by atoms with E-state index in [-0.39, 0.29) is 18.4 Å². The highest BCUT2D eigenvalue weighted by molar-refractivity contribution is 8.02. The topological polar surface area (TPSA) is 98.2 Å². The summed E-state index contributed by atoms with van der Waals surface area (Å²) < 4.78 is -1.17. The second kappa shape index (κ2) is 10.2. The van der Waals surface area contributed by atoms with Crippen molar-refractivity contribution in [3.63, 3.8) is 0 Å². The minimum absolute atomic E-state index is 0.0626. The number of unbranched alkanes of at least 4 members (excludes halogenated alkanes) is 4. The molecule has 3 rings (SSSR count). The van der Waals surface area contributed by atoms with Crippen LogP contribution in [0.1, 0.15) is 65.2 Å². The zero-order valence-corrected chi connectivity index (χ0v) is 20.2. The molecule has 180 valence electrons. The van der Waals surface area contributed by atoms with Crippen molar-refractivity contribution >= 4 is 29.5 Å². The van der Waals surface area contributed by atoms with Gasteiger partial charge in [0.2, 0.25) is 11.8 Å². The van der Waals surface area contributed by atoms with E-state index in [0.717, 1.165) is 38.5 Å². The summed E-state index contributed by atoms with van der Waals surface area (Å²) in [6.07, 6.45) is 8.17. The molecular weight excluding hydrogens is 428 g/mol. The lowest BCUT2D eigenvalue weighted by molar-refractivity contribution is -0.150. The Balaban J connectivity index is 1.93. The SMILES string of the molecule is C=CCN(CCCC)C(=O)C1N(CCCCCCO)C(=O)[C@@H]2[C@@H](C(=O)O)[C@@]3(C)CCC12S3. The summed E-state index contributed by atoms with van der Waals surface area (Å²) in [5.41, 5.74) is 0. The van der Waals surface area contributed by atoms with Crippen LogP contribution in [0.3, 0.4) is 0 Å². The van der Waals surface area contributed by atoms with Crippen LogP contribution in [0, 0.1) is 11.8 Å². The zero-order chi connectivity index (χ0) is 23.5. The summed E-state index contributed by atoms with van der Waals surface area (Å²) >= 11 is 1.59. The van der Waals surface area contributed by atoms with E-state index in [9.17, 15) is 19.5 Å². The number of carbonyl (C=O) groups excluding carboxylic acids is 2. The Morgan fingerprint density at radius 1 is 1.25 bits per heavy atom. The maximum Gasteiger partial charge on any atom is 0.308 e. The summed E-state index contributed by atoms with van der Waals surface area (Å²) in [5.74, 6) is -2.56. The average Bonchev–Trinajstić information content (AvgIpc) is 3.31. The molecule has 2 amide bonds. The number of aliphatic carboxylic acids is 1. The van der Waals surface area contributed by atoms with Gasteiger partial charge in [-0.25, -0.2) is 0 Å². The van der Waals surface area contributed by atoms with Crippen LogP contribution in [0.4, 0.5) is 0 Å². The molecule has 8 heteroatoms. The molecule has 0 saturated carbocycles. The third-order valence-corrected chi connectivity index (χ3v) is 9.51. The molecule has 0 radical (unpaired) electrons. The molecule has 1 spiro atoms. The third kappa shape index (κ3) is 4.20. The molecule has 2 bridgehead atoms. The number of thioether (sulfide) groups is 1. The first-order chi connectivity index (χ1) is 15.3. The van der Waals surface area contributed by atoms with Crippen molar-refractivity contribution in [3.8, 4) is 0 Å². The first kappa shape index (κ1) is 25.1. The Labute approximate surface area is 195 Å². The molecule has 3 heterocycles. The van der Waals surface area contributed by atoms with Crippen molar-refractivity contribution in [3.05, 3.63) is 12.7 Å². The van der Waals surface area contributed by atoms with Gasteiger partial charge in [-0.15, -0.1) is 18.3 Å². The van der Waals surface area contributed by atoms with E-state index < -0.39 is 33.3 Å². The lowest BCUT2D eigenvalue weighted by Crippen LogP contribution is -2.55. The highest BCUT2D eigenvalue weighted by Crippen LogP contribution is 2.71. The molecule has 3 aliphatic rings. The molecule has 7 nitrogen and oxygen atoms in total. The smallest absolute Gasteiger partial charge is 0.308 e. The van der Waals surface area contributed by atoms with Gasteiger partial charge in [0.05, 0.1) is 16.6 Å². The fraction of sp³-hybridized carbons (Fsp3) is 0.792. The summed E-state index contributed by atoms with van der Waals surface area (Å²) in [5, 5.41) is 19.1. The monoisotopic (exact) mass is 466 g/mol. The molecule has 2 unspecified atom stereocenters. The van der Waals surface area contributed by atoms with Gasteiger partial charge in [0.1, 0.15) is 6.04 Å². The zero-order valence-electron chi connectivity index (χ0n) is 19.4. The van der Waals surface area contributed by atoms with Gasteiger partial charge in [0, 0.05) is 31.0 Å². The van der Waals surface area contributed by atoms with E-state index in [2.05, 4.69) is 13.5 Å². The highest BCUT2D eigenvalue weighted by Gasteiger charge is 2.77. The number of aliphatic hydroxyl groups is 1. The number of carbonyl (C=O) groups is 3. The van der Waals surface area contributed by atoms with Crippen molar-refractivity contribution in [2.75, 3.05) is 26.2 Å². The Morgan fingerprint density at radius 2 is 1.97 bits per heavy atom. The quantitative estimate of drug-likeness (QED) is 0.320. The maximum atomic E-state index is 13.9. The standard InChI is InChI=1S/C24H38N2O5S/c1-4-6-14-25(13-5-2)21(29)19-24-12-11-23(3,32-24)18(22(30)31)17(24)20(28)26(19)15-9-7-8-10-16-27/h5,17-19,27H,2,4,6-16H2,1,3H3,(H,30,31)/t17-,18-,19?,23+,24?/m0/s1. The molecule has 3 saturated heterocycles. The Bertz CT molecular complexity index is 746. The molecule has 32 heavy (non-hydrogen) atoms. The number of carboxylic acids is 1. The van der Waals surface area contributed by atoms with Gasteiger partial charge in [0.25, 0.3) is 0 Å². The van der Waals surface area contributed by atoms with E-state index in [0.29, 0.717) is 32.5 Å².